The summed E-state index contributed by atoms with van der Waals surface area (Å²) in [6, 6.07) is 13.3. The molecule has 0 aliphatic rings. The van der Waals surface area contributed by atoms with E-state index in [4.69, 9.17) is 5.73 Å². The molecule has 122 valence electrons. The lowest BCUT2D eigenvalue weighted by molar-refractivity contribution is 0.0743. The van der Waals surface area contributed by atoms with Crippen molar-refractivity contribution in [3.63, 3.8) is 0 Å². The van der Waals surface area contributed by atoms with E-state index in [0.717, 1.165) is 5.56 Å². The van der Waals surface area contributed by atoms with Gasteiger partial charge in [-0.3, -0.25) is 4.79 Å². The van der Waals surface area contributed by atoms with Crippen LogP contribution in [0.5, 0.6) is 0 Å². The molecular formula is C17H20N2O3S. The smallest absolute Gasteiger partial charge is 0.256 e. The standard InChI is InChI=1S/C17H20N2O3S/c1-12(13-8-10-14(11-9-13)23(3,21)22)19(2)17(20)15-6-4-5-7-16(15)18/h4-12H,18H2,1-3H3. The number of hydrogen-bond acceptors (Lipinski definition) is 4. The molecule has 0 saturated carbocycles. The van der Waals surface area contributed by atoms with Crippen LogP contribution in [-0.4, -0.2) is 32.5 Å². The Morgan fingerprint density at radius 2 is 1.65 bits per heavy atom. The molecule has 2 rings (SSSR count). The number of amides is 1. The summed E-state index contributed by atoms with van der Waals surface area (Å²) in [7, 11) is -1.53. The molecule has 0 heterocycles. The van der Waals surface area contributed by atoms with E-state index in [9.17, 15) is 13.2 Å². The van der Waals surface area contributed by atoms with Crippen LogP contribution in [0.15, 0.2) is 53.4 Å². The van der Waals surface area contributed by atoms with Gasteiger partial charge in [-0.2, -0.15) is 0 Å². The largest absolute Gasteiger partial charge is 0.398 e. The number of sulfone groups is 1. The summed E-state index contributed by atoms with van der Waals surface area (Å²) >= 11 is 0. The summed E-state index contributed by atoms with van der Waals surface area (Å²) in [4.78, 5) is 14.4. The van der Waals surface area contributed by atoms with Gasteiger partial charge >= 0.3 is 0 Å². The second kappa shape index (κ2) is 6.42. The van der Waals surface area contributed by atoms with Gasteiger partial charge in [0.1, 0.15) is 0 Å². The van der Waals surface area contributed by atoms with Crippen molar-refractivity contribution in [3.8, 4) is 0 Å². The predicted molar refractivity (Wildman–Crippen MR) is 90.9 cm³/mol. The monoisotopic (exact) mass is 332 g/mol. The molecule has 0 bridgehead atoms. The predicted octanol–water partition coefficient (Wildman–Crippen LogP) is 2.51. The summed E-state index contributed by atoms with van der Waals surface area (Å²) in [6.45, 7) is 1.88. The van der Waals surface area contributed by atoms with E-state index in [1.165, 1.54) is 6.26 Å². The van der Waals surface area contributed by atoms with E-state index < -0.39 is 9.84 Å². The average Bonchev–Trinajstić information content (AvgIpc) is 2.52. The summed E-state index contributed by atoms with van der Waals surface area (Å²) in [5.41, 5.74) is 7.59. The van der Waals surface area contributed by atoms with Gasteiger partial charge in [-0.15, -0.1) is 0 Å². The fraction of sp³-hybridized carbons (Fsp3) is 0.235. The Bertz CT molecular complexity index is 814. The number of benzene rings is 2. The highest BCUT2D eigenvalue weighted by Crippen LogP contribution is 2.23. The molecule has 0 aliphatic heterocycles. The van der Waals surface area contributed by atoms with Gasteiger partial charge in [-0.1, -0.05) is 24.3 Å². The first-order valence-electron chi connectivity index (χ1n) is 7.13. The molecule has 2 aromatic rings. The minimum Gasteiger partial charge on any atom is -0.398 e. The first-order valence-corrected chi connectivity index (χ1v) is 9.02. The normalized spacial score (nSPS) is 12.7. The lowest BCUT2D eigenvalue weighted by Gasteiger charge is -2.26. The Balaban J connectivity index is 2.24. The van der Waals surface area contributed by atoms with Crippen molar-refractivity contribution < 1.29 is 13.2 Å². The van der Waals surface area contributed by atoms with E-state index in [1.54, 1.807) is 60.5 Å². The van der Waals surface area contributed by atoms with Crippen LogP contribution in [0.3, 0.4) is 0 Å². The molecule has 5 nitrogen and oxygen atoms in total. The molecule has 0 aliphatic carbocycles. The highest BCUT2D eigenvalue weighted by molar-refractivity contribution is 7.90. The second-order valence-corrected chi connectivity index (χ2v) is 7.54. The third-order valence-corrected chi connectivity index (χ3v) is 5.01. The van der Waals surface area contributed by atoms with Gasteiger partial charge < -0.3 is 10.6 Å². The Hall–Kier alpha value is -2.34. The van der Waals surface area contributed by atoms with E-state index in [-0.39, 0.29) is 16.8 Å². The highest BCUT2D eigenvalue weighted by Gasteiger charge is 2.20. The van der Waals surface area contributed by atoms with Crippen molar-refractivity contribution in [2.75, 3.05) is 19.0 Å². The summed E-state index contributed by atoms with van der Waals surface area (Å²) in [5.74, 6) is -0.178. The SMILES string of the molecule is CC(c1ccc(S(C)(=O)=O)cc1)N(C)C(=O)c1ccccc1N. The number of nitrogens with zero attached hydrogens (tertiary/aromatic N) is 1. The topological polar surface area (TPSA) is 80.5 Å². The minimum absolute atomic E-state index is 0.178. The zero-order valence-electron chi connectivity index (χ0n) is 13.4. The molecule has 2 aromatic carbocycles. The van der Waals surface area contributed by atoms with Crippen molar-refractivity contribution >= 4 is 21.4 Å². The molecular weight excluding hydrogens is 312 g/mol. The summed E-state index contributed by atoms with van der Waals surface area (Å²) < 4.78 is 23.0. The maximum Gasteiger partial charge on any atom is 0.256 e. The number of para-hydroxylation sites is 1. The van der Waals surface area contributed by atoms with Gasteiger partial charge in [0, 0.05) is 19.0 Å². The van der Waals surface area contributed by atoms with Crippen molar-refractivity contribution in [1.29, 1.82) is 0 Å². The van der Waals surface area contributed by atoms with E-state index in [1.807, 2.05) is 6.92 Å². The Kier molecular flexibility index (Phi) is 4.75. The van der Waals surface area contributed by atoms with Crippen molar-refractivity contribution in [2.24, 2.45) is 0 Å². The van der Waals surface area contributed by atoms with Gasteiger partial charge in [0.15, 0.2) is 9.84 Å². The highest BCUT2D eigenvalue weighted by atomic mass is 32.2. The lowest BCUT2D eigenvalue weighted by atomic mass is 10.1. The minimum atomic E-state index is -3.23. The number of hydrogen-bond donors (Lipinski definition) is 1. The third kappa shape index (κ3) is 3.71. The van der Waals surface area contributed by atoms with Crippen LogP contribution in [0.2, 0.25) is 0 Å². The maximum atomic E-state index is 12.6. The third-order valence-electron chi connectivity index (χ3n) is 3.88. The van der Waals surface area contributed by atoms with Crippen LogP contribution in [0.4, 0.5) is 5.69 Å². The number of rotatable bonds is 4. The molecule has 0 fully saturated rings. The fourth-order valence-corrected chi connectivity index (χ4v) is 2.91. The van der Waals surface area contributed by atoms with Gasteiger partial charge in [-0.25, -0.2) is 8.42 Å². The Morgan fingerprint density at radius 1 is 1.09 bits per heavy atom. The van der Waals surface area contributed by atoms with Crippen LogP contribution in [0.25, 0.3) is 0 Å². The summed E-state index contributed by atoms with van der Waals surface area (Å²) in [5, 5.41) is 0. The molecule has 0 spiro atoms. The lowest BCUT2D eigenvalue weighted by Crippen LogP contribution is -2.30. The van der Waals surface area contributed by atoms with Crippen LogP contribution in [-0.2, 0) is 9.84 Å². The van der Waals surface area contributed by atoms with Crippen molar-refractivity contribution in [2.45, 2.75) is 17.9 Å². The van der Waals surface area contributed by atoms with Crippen molar-refractivity contribution in [1.82, 2.24) is 4.90 Å². The number of carbonyl (C=O) groups excluding carboxylic acids is 1. The molecule has 0 radical (unpaired) electrons. The number of nitrogen functional groups attached to an aromatic ring is 1. The molecule has 1 amide bonds. The Morgan fingerprint density at radius 3 is 2.17 bits per heavy atom. The number of carbonyl (C=O) groups is 1. The molecule has 6 heteroatoms. The zero-order chi connectivity index (χ0) is 17.2. The van der Waals surface area contributed by atoms with Gasteiger partial charge in [-0.05, 0) is 36.8 Å². The first-order chi connectivity index (χ1) is 10.7. The molecule has 0 aromatic heterocycles. The second-order valence-electron chi connectivity index (χ2n) is 5.52. The first kappa shape index (κ1) is 17.0. The fourth-order valence-electron chi connectivity index (χ4n) is 2.27. The van der Waals surface area contributed by atoms with Gasteiger partial charge in [0.05, 0.1) is 16.5 Å². The number of nitrogens with two attached hydrogens (primary N) is 1. The van der Waals surface area contributed by atoms with E-state index in [2.05, 4.69) is 0 Å². The van der Waals surface area contributed by atoms with Crippen LogP contribution >= 0.6 is 0 Å². The van der Waals surface area contributed by atoms with E-state index >= 15 is 0 Å². The maximum absolute atomic E-state index is 12.6. The molecule has 1 unspecified atom stereocenters. The van der Waals surface area contributed by atoms with Gasteiger partial charge in [0.2, 0.25) is 0 Å². The molecule has 2 N–H and O–H groups in total. The Labute approximate surface area is 136 Å². The number of anilines is 1. The quantitative estimate of drug-likeness (QED) is 0.872. The average molecular weight is 332 g/mol. The zero-order valence-corrected chi connectivity index (χ0v) is 14.2. The van der Waals surface area contributed by atoms with Crippen LogP contribution in [0.1, 0.15) is 28.9 Å². The van der Waals surface area contributed by atoms with Gasteiger partial charge in [0.25, 0.3) is 5.91 Å². The molecule has 23 heavy (non-hydrogen) atoms. The van der Waals surface area contributed by atoms with Crippen LogP contribution in [0, 0.1) is 0 Å². The van der Waals surface area contributed by atoms with E-state index in [0.29, 0.717) is 11.3 Å². The van der Waals surface area contributed by atoms with Crippen molar-refractivity contribution in [3.05, 3.63) is 59.7 Å². The molecule has 1 atom stereocenters. The summed E-state index contributed by atoms with van der Waals surface area (Å²) in [6.07, 6.45) is 1.17. The molecule has 0 saturated heterocycles. The van der Waals surface area contributed by atoms with Crippen LogP contribution < -0.4 is 5.73 Å².